The molecule has 2 aromatic rings. The van der Waals surface area contributed by atoms with Crippen LogP contribution in [-0.4, -0.2) is 74.8 Å². The molecule has 6 atom stereocenters. The van der Waals surface area contributed by atoms with Crippen molar-refractivity contribution in [3.05, 3.63) is 76.3 Å². The first-order valence-electron chi connectivity index (χ1n) is 17.0. The number of nitrogens with one attached hydrogen (secondary N) is 2. The SMILES string of the molecule is COC(=O)c1ccc(C2OC2[C@@H](C)[C@@H]2C/C=C/C(=O)N[C@H](Cc3ccc(OC)c(Cl)c3)C(=O)NCC(C)(C)C(=O)O[C@@H](CC(C)C)C(=O)O2)cc1. The molecule has 4 rings (SSSR count). The number of halogens is 1. The van der Waals surface area contributed by atoms with Gasteiger partial charge in [-0.15, -0.1) is 0 Å². The second-order valence-electron chi connectivity index (χ2n) is 14.0. The van der Waals surface area contributed by atoms with Gasteiger partial charge in [-0.25, -0.2) is 9.59 Å². The van der Waals surface area contributed by atoms with Crippen LogP contribution in [0.4, 0.5) is 0 Å². The van der Waals surface area contributed by atoms with E-state index in [0.717, 1.165) is 5.56 Å². The highest BCUT2D eigenvalue weighted by molar-refractivity contribution is 6.32. The van der Waals surface area contributed by atoms with Gasteiger partial charge < -0.3 is 34.3 Å². The van der Waals surface area contributed by atoms with E-state index in [1.807, 2.05) is 20.8 Å². The Bertz CT molecular complexity index is 1620. The van der Waals surface area contributed by atoms with Crippen molar-refractivity contribution in [2.24, 2.45) is 17.3 Å². The molecule has 0 saturated carbocycles. The zero-order chi connectivity index (χ0) is 37.5. The average molecular weight is 727 g/mol. The Morgan fingerprint density at radius 2 is 1.73 bits per heavy atom. The van der Waals surface area contributed by atoms with Crippen molar-refractivity contribution < 1.29 is 47.7 Å². The lowest BCUT2D eigenvalue weighted by Gasteiger charge is -2.29. The molecule has 0 aromatic heterocycles. The smallest absolute Gasteiger partial charge is 0.347 e. The van der Waals surface area contributed by atoms with Gasteiger partial charge in [-0.1, -0.05) is 56.6 Å². The quantitative estimate of drug-likeness (QED) is 0.207. The van der Waals surface area contributed by atoms with Gasteiger partial charge >= 0.3 is 17.9 Å². The highest BCUT2D eigenvalue weighted by Gasteiger charge is 2.48. The predicted molar refractivity (Wildman–Crippen MR) is 188 cm³/mol. The Balaban J connectivity index is 1.60. The number of ether oxygens (including phenoxy) is 5. The first-order chi connectivity index (χ1) is 24.1. The Hall–Kier alpha value is -4.42. The lowest BCUT2D eigenvalue weighted by molar-refractivity contribution is -0.179. The van der Waals surface area contributed by atoms with Crippen LogP contribution >= 0.6 is 11.6 Å². The van der Waals surface area contributed by atoms with Crippen molar-refractivity contribution in [1.82, 2.24) is 10.6 Å². The minimum Gasteiger partial charge on any atom is -0.495 e. The standard InChI is InChI=1S/C38H47ClN2O10/c1-21(2)17-30-36(45)49-28(22(3)32-33(51-32)24-12-14-25(15-13-24)35(44)48-7)9-8-10-31(42)41-27(19-23-11-16-29(47-6)26(39)18-23)34(43)40-20-38(4,5)37(46)50-30/h8,10-16,18,21-22,27-28,30,32-33H,9,17,19-20H2,1-7H3,(H,40,43)(H,41,42)/b10-8+/t22-,27+,28-,30-,32?,33?/m0/s1. The fourth-order valence-electron chi connectivity index (χ4n) is 5.75. The van der Waals surface area contributed by atoms with Gasteiger partial charge in [0, 0.05) is 25.3 Å². The molecule has 0 bridgehead atoms. The van der Waals surface area contributed by atoms with Crippen molar-refractivity contribution >= 4 is 41.3 Å². The van der Waals surface area contributed by atoms with Crippen LogP contribution in [0.1, 0.15) is 75.0 Å². The number of amides is 2. The molecule has 1 saturated heterocycles. The number of epoxide rings is 1. The highest BCUT2D eigenvalue weighted by Crippen LogP contribution is 2.45. The summed E-state index contributed by atoms with van der Waals surface area (Å²) in [6.45, 7) is 8.76. The second kappa shape index (κ2) is 17.2. The molecule has 2 aromatic carbocycles. The van der Waals surface area contributed by atoms with Crippen molar-refractivity contribution in [2.75, 3.05) is 20.8 Å². The molecule has 12 nitrogen and oxygen atoms in total. The van der Waals surface area contributed by atoms with E-state index in [1.54, 1.807) is 62.4 Å². The van der Waals surface area contributed by atoms with Gasteiger partial charge in [-0.3, -0.25) is 14.4 Å². The molecule has 1 fully saturated rings. The number of cyclic esters (lactones) is 2. The first kappa shape index (κ1) is 39.4. The Labute approximate surface area is 303 Å². The van der Waals surface area contributed by atoms with Gasteiger partial charge in [0.05, 0.1) is 36.3 Å². The van der Waals surface area contributed by atoms with Gasteiger partial charge in [0.2, 0.25) is 11.8 Å². The summed E-state index contributed by atoms with van der Waals surface area (Å²) < 4.78 is 27.9. The van der Waals surface area contributed by atoms with Crippen LogP contribution in [-0.2, 0) is 44.5 Å². The van der Waals surface area contributed by atoms with Crippen LogP contribution in [0.2, 0.25) is 5.02 Å². The van der Waals surface area contributed by atoms with Gasteiger partial charge in [0.25, 0.3) is 0 Å². The molecular formula is C38H47ClN2O10. The van der Waals surface area contributed by atoms with Crippen molar-refractivity contribution in [3.8, 4) is 5.75 Å². The molecule has 51 heavy (non-hydrogen) atoms. The van der Waals surface area contributed by atoms with Crippen LogP contribution in [0.25, 0.3) is 0 Å². The minimum atomic E-state index is -1.23. The molecule has 2 aliphatic rings. The summed E-state index contributed by atoms with van der Waals surface area (Å²) in [5.74, 6) is -2.80. The fraction of sp³-hybridized carbons (Fsp3) is 0.500. The van der Waals surface area contributed by atoms with Crippen molar-refractivity contribution in [2.45, 2.75) is 84.3 Å². The van der Waals surface area contributed by atoms with Crippen LogP contribution < -0.4 is 15.4 Å². The van der Waals surface area contributed by atoms with Crippen LogP contribution in [0.15, 0.2) is 54.6 Å². The van der Waals surface area contributed by atoms with Crippen LogP contribution in [0.3, 0.4) is 0 Å². The lowest BCUT2D eigenvalue weighted by Crippen LogP contribution is -2.51. The third-order valence-corrected chi connectivity index (χ3v) is 9.23. The number of esters is 3. The summed E-state index contributed by atoms with van der Waals surface area (Å²) in [5, 5.41) is 5.86. The number of carbonyl (C=O) groups is 5. The van der Waals surface area contributed by atoms with E-state index in [2.05, 4.69) is 10.6 Å². The number of rotatable bonds is 9. The summed E-state index contributed by atoms with van der Waals surface area (Å²) in [5.41, 5.74) is 0.688. The summed E-state index contributed by atoms with van der Waals surface area (Å²) in [4.78, 5) is 65.7. The first-order valence-corrected chi connectivity index (χ1v) is 17.3. The molecule has 276 valence electrons. The normalized spacial score (nSPS) is 25.5. The monoisotopic (exact) mass is 726 g/mol. The molecule has 13 heteroatoms. The maximum absolute atomic E-state index is 13.7. The highest BCUT2D eigenvalue weighted by atomic mass is 35.5. The number of benzene rings is 2. The van der Waals surface area contributed by atoms with E-state index < -0.39 is 53.4 Å². The molecular weight excluding hydrogens is 680 g/mol. The summed E-state index contributed by atoms with van der Waals surface area (Å²) in [6.07, 6.45) is 0.715. The fourth-order valence-corrected chi connectivity index (χ4v) is 6.03. The largest absolute Gasteiger partial charge is 0.495 e. The molecule has 2 amide bonds. The van der Waals surface area contributed by atoms with Crippen molar-refractivity contribution in [1.29, 1.82) is 0 Å². The van der Waals surface area contributed by atoms with Gasteiger partial charge in [0.15, 0.2) is 6.10 Å². The number of carbonyl (C=O) groups excluding carboxylic acids is 5. The summed E-state index contributed by atoms with van der Waals surface area (Å²) in [6, 6.07) is 10.9. The molecule has 0 aliphatic carbocycles. The summed E-state index contributed by atoms with van der Waals surface area (Å²) in [7, 11) is 2.81. The van der Waals surface area contributed by atoms with Crippen LogP contribution in [0.5, 0.6) is 5.75 Å². The zero-order valence-corrected chi connectivity index (χ0v) is 30.8. The number of hydrogen-bond acceptors (Lipinski definition) is 10. The molecule has 2 aliphatic heterocycles. The van der Waals surface area contributed by atoms with Gasteiger partial charge in [-0.2, -0.15) is 0 Å². The van der Waals surface area contributed by atoms with E-state index in [4.69, 9.17) is 35.3 Å². The molecule has 0 radical (unpaired) electrons. The minimum absolute atomic E-state index is 0.0143. The van der Waals surface area contributed by atoms with Gasteiger partial charge in [0.1, 0.15) is 24.0 Å². The molecule has 2 heterocycles. The lowest BCUT2D eigenvalue weighted by atomic mass is 9.92. The second-order valence-corrected chi connectivity index (χ2v) is 14.4. The Morgan fingerprint density at radius 3 is 2.35 bits per heavy atom. The van der Waals surface area contributed by atoms with E-state index >= 15 is 0 Å². The van der Waals surface area contributed by atoms with Gasteiger partial charge in [-0.05, 0) is 67.7 Å². The molecule has 0 spiro atoms. The van der Waals surface area contributed by atoms with Crippen LogP contribution in [0, 0.1) is 17.3 Å². The third kappa shape index (κ3) is 10.6. The topological polar surface area (TPSA) is 159 Å². The maximum Gasteiger partial charge on any atom is 0.347 e. The zero-order valence-electron chi connectivity index (χ0n) is 30.0. The summed E-state index contributed by atoms with van der Waals surface area (Å²) >= 11 is 6.32. The number of hydrogen-bond donors (Lipinski definition) is 2. The van der Waals surface area contributed by atoms with E-state index in [0.29, 0.717) is 21.9 Å². The van der Waals surface area contributed by atoms with Crippen molar-refractivity contribution in [3.63, 3.8) is 0 Å². The number of methoxy groups -OCH3 is 2. The van der Waals surface area contributed by atoms with E-state index in [-0.39, 0.29) is 49.9 Å². The van der Waals surface area contributed by atoms with E-state index in [1.165, 1.54) is 20.3 Å². The molecule has 2 N–H and O–H groups in total. The average Bonchev–Trinajstić information content (AvgIpc) is 3.89. The predicted octanol–water partition coefficient (Wildman–Crippen LogP) is 4.91. The Morgan fingerprint density at radius 1 is 1.02 bits per heavy atom. The Kier molecular flexibility index (Phi) is 13.3. The molecule has 2 unspecified atom stereocenters. The third-order valence-electron chi connectivity index (χ3n) is 8.94. The maximum atomic E-state index is 13.7. The van der Waals surface area contributed by atoms with E-state index in [9.17, 15) is 24.0 Å².